The molecule has 0 aliphatic carbocycles. The molecule has 150 valence electrons. The highest BCUT2D eigenvalue weighted by Crippen LogP contribution is 2.29. The fourth-order valence-corrected chi connectivity index (χ4v) is 3.83. The third kappa shape index (κ3) is 2.96. The van der Waals surface area contributed by atoms with Gasteiger partial charge >= 0.3 is 0 Å². The maximum Gasteiger partial charge on any atom is 0.134 e. The smallest absolute Gasteiger partial charge is 0.134 e. The van der Waals surface area contributed by atoms with Crippen LogP contribution < -0.4 is 0 Å². The van der Waals surface area contributed by atoms with E-state index in [4.69, 9.17) is 0 Å². The van der Waals surface area contributed by atoms with E-state index in [0.717, 1.165) is 22.2 Å². The van der Waals surface area contributed by atoms with Gasteiger partial charge in [0.05, 0.1) is 35.2 Å². The van der Waals surface area contributed by atoms with Gasteiger partial charge in [-0.1, -0.05) is 35.5 Å². The van der Waals surface area contributed by atoms with Crippen molar-refractivity contribution in [3.05, 3.63) is 90.5 Å². The molecule has 0 saturated heterocycles. The number of nitrogens with zero attached hydrogens (tertiary/aromatic N) is 6. The van der Waals surface area contributed by atoms with E-state index in [9.17, 15) is 0 Å². The number of halogens is 1. The van der Waals surface area contributed by atoms with Crippen LogP contribution in [0.4, 0.5) is 4.39 Å². The Bertz CT molecular complexity index is 1530. The Morgan fingerprint density at radius 1 is 0.968 bits per heavy atom. The number of aromatic nitrogens is 7. The third-order valence-electron chi connectivity index (χ3n) is 5.37. The summed E-state index contributed by atoms with van der Waals surface area (Å²) < 4.78 is 18.5. The Balaban J connectivity index is 1.47. The Morgan fingerprint density at radius 3 is 2.77 bits per heavy atom. The fraction of sp³-hybridized carbons (Fsp3) is 0.0435. The van der Waals surface area contributed by atoms with Gasteiger partial charge in [0, 0.05) is 23.2 Å². The van der Waals surface area contributed by atoms with E-state index in [1.807, 2.05) is 54.6 Å². The van der Waals surface area contributed by atoms with Gasteiger partial charge in [0.25, 0.3) is 0 Å². The lowest BCUT2D eigenvalue weighted by Crippen LogP contribution is -2.04. The van der Waals surface area contributed by atoms with E-state index in [-0.39, 0.29) is 5.82 Å². The first-order valence-corrected chi connectivity index (χ1v) is 9.81. The minimum atomic E-state index is -0.363. The van der Waals surface area contributed by atoms with Crippen molar-refractivity contribution in [1.82, 2.24) is 35.0 Å². The summed E-state index contributed by atoms with van der Waals surface area (Å²) in [5, 5.41) is 20.8. The molecule has 0 fully saturated rings. The number of aromatic amines is 1. The number of benzene rings is 3. The topological polar surface area (TPSA) is 77.2 Å². The van der Waals surface area contributed by atoms with Crippen LogP contribution in [0, 0.1) is 5.82 Å². The summed E-state index contributed by atoms with van der Waals surface area (Å²) in [5.74, 6) is -0.363. The molecule has 31 heavy (non-hydrogen) atoms. The molecule has 0 amide bonds. The SMILES string of the molecule is Fc1cc2nnn(-c3ccc4cn[nH]c4c3)c2cc1-c1ccnn1Cc1ccccc1. The predicted molar refractivity (Wildman–Crippen MR) is 115 cm³/mol. The van der Waals surface area contributed by atoms with E-state index < -0.39 is 0 Å². The Hall–Kier alpha value is -4.33. The van der Waals surface area contributed by atoms with E-state index >= 15 is 4.39 Å². The monoisotopic (exact) mass is 409 g/mol. The Kier molecular flexibility index (Phi) is 3.89. The first-order valence-electron chi connectivity index (χ1n) is 9.81. The second-order valence-electron chi connectivity index (χ2n) is 7.32. The predicted octanol–water partition coefficient (Wildman–Crippen LogP) is 4.35. The molecule has 0 bridgehead atoms. The van der Waals surface area contributed by atoms with Gasteiger partial charge in [-0.2, -0.15) is 10.2 Å². The lowest BCUT2D eigenvalue weighted by molar-refractivity contribution is 0.626. The zero-order valence-electron chi connectivity index (χ0n) is 16.3. The summed E-state index contributed by atoms with van der Waals surface area (Å²) in [4.78, 5) is 0. The molecular weight excluding hydrogens is 393 g/mol. The van der Waals surface area contributed by atoms with Crippen LogP contribution in [0.25, 0.3) is 38.9 Å². The van der Waals surface area contributed by atoms with Crippen LogP contribution in [0.3, 0.4) is 0 Å². The average molecular weight is 409 g/mol. The van der Waals surface area contributed by atoms with Crippen molar-refractivity contribution in [2.45, 2.75) is 6.54 Å². The number of hydrogen-bond acceptors (Lipinski definition) is 4. The number of fused-ring (bicyclic) bond motifs is 2. The number of H-pyrrole nitrogens is 1. The zero-order chi connectivity index (χ0) is 20.8. The van der Waals surface area contributed by atoms with Crippen molar-refractivity contribution in [3.8, 4) is 16.9 Å². The second kappa shape index (κ2) is 6.88. The molecule has 6 aromatic rings. The molecule has 0 spiro atoms. The summed E-state index contributed by atoms with van der Waals surface area (Å²) in [7, 11) is 0. The molecule has 0 saturated carbocycles. The van der Waals surface area contributed by atoms with Crippen molar-refractivity contribution in [1.29, 1.82) is 0 Å². The fourth-order valence-electron chi connectivity index (χ4n) is 3.83. The van der Waals surface area contributed by atoms with Crippen molar-refractivity contribution in [3.63, 3.8) is 0 Å². The van der Waals surface area contributed by atoms with E-state index in [1.54, 1.807) is 27.8 Å². The number of rotatable bonds is 4. The average Bonchev–Trinajstić information content (AvgIpc) is 3.52. The largest absolute Gasteiger partial charge is 0.278 e. The maximum absolute atomic E-state index is 15.0. The van der Waals surface area contributed by atoms with Crippen LogP contribution in [-0.2, 0) is 6.54 Å². The van der Waals surface area contributed by atoms with E-state index in [1.165, 1.54) is 6.07 Å². The van der Waals surface area contributed by atoms with Gasteiger partial charge in [-0.3, -0.25) is 9.78 Å². The molecule has 6 rings (SSSR count). The summed E-state index contributed by atoms with van der Waals surface area (Å²) in [6.45, 7) is 0.550. The first-order chi connectivity index (χ1) is 15.3. The Morgan fingerprint density at radius 2 is 1.87 bits per heavy atom. The van der Waals surface area contributed by atoms with Crippen LogP contribution >= 0.6 is 0 Å². The lowest BCUT2D eigenvalue weighted by atomic mass is 10.1. The molecule has 3 aromatic carbocycles. The summed E-state index contributed by atoms with van der Waals surface area (Å²) in [6.07, 6.45) is 3.45. The van der Waals surface area contributed by atoms with Gasteiger partial charge in [0.1, 0.15) is 11.3 Å². The molecule has 1 N–H and O–H groups in total. The molecule has 0 unspecified atom stereocenters. The highest BCUT2D eigenvalue weighted by atomic mass is 19.1. The summed E-state index contributed by atoms with van der Waals surface area (Å²) in [5.41, 5.74) is 5.14. The standard InChI is InChI=1S/C23H16FN7/c24-19-12-21-23(31(29-28-21)17-7-6-16-13-25-27-20(16)10-17)11-18(19)22-8-9-26-30(22)14-15-4-2-1-3-5-15/h1-13H,14H2,(H,25,27). The van der Waals surface area contributed by atoms with Gasteiger partial charge < -0.3 is 0 Å². The quantitative estimate of drug-likeness (QED) is 0.470. The van der Waals surface area contributed by atoms with E-state index in [0.29, 0.717) is 28.8 Å². The third-order valence-corrected chi connectivity index (χ3v) is 5.37. The molecule has 3 heterocycles. The van der Waals surface area contributed by atoms with Crippen molar-refractivity contribution in [2.75, 3.05) is 0 Å². The van der Waals surface area contributed by atoms with Gasteiger partial charge in [-0.25, -0.2) is 9.07 Å². The van der Waals surface area contributed by atoms with Crippen LogP contribution in [0.5, 0.6) is 0 Å². The molecule has 0 radical (unpaired) electrons. The minimum Gasteiger partial charge on any atom is -0.278 e. The lowest BCUT2D eigenvalue weighted by Gasteiger charge is -2.10. The van der Waals surface area contributed by atoms with Crippen molar-refractivity contribution < 1.29 is 4.39 Å². The van der Waals surface area contributed by atoms with Crippen molar-refractivity contribution >= 4 is 21.9 Å². The van der Waals surface area contributed by atoms with Crippen molar-refractivity contribution in [2.24, 2.45) is 0 Å². The van der Waals surface area contributed by atoms with Crippen LogP contribution in [0.15, 0.2) is 79.1 Å². The molecule has 0 atom stereocenters. The summed E-state index contributed by atoms with van der Waals surface area (Å²) >= 11 is 0. The van der Waals surface area contributed by atoms with E-state index in [2.05, 4.69) is 25.6 Å². The molecule has 7 nitrogen and oxygen atoms in total. The highest BCUT2D eigenvalue weighted by Gasteiger charge is 2.16. The number of nitrogens with one attached hydrogen (secondary N) is 1. The maximum atomic E-state index is 15.0. The van der Waals surface area contributed by atoms with Gasteiger partial charge in [0.15, 0.2) is 0 Å². The molecule has 3 aromatic heterocycles. The van der Waals surface area contributed by atoms with Crippen LogP contribution in [-0.4, -0.2) is 35.0 Å². The number of hydrogen-bond donors (Lipinski definition) is 1. The summed E-state index contributed by atoms with van der Waals surface area (Å²) in [6, 6.07) is 20.8. The minimum absolute atomic E-state index is 0.363. The van der Waals surface area contributed by atoms with Gasteiger partial charge in [-0.15, -0.1) is 5.10 Å². The second-order valence-corrected chi connectivity index (χ2v) is 7.32. The Labute approximate surface area is 175 Å². The molecule has 8 heteroatoms. The highest BCUT2D eigenvalue weighted by molar-refractivity contribution is 5.84. The first kappa shape index (κ1) is 17.5. The van der Waals surface area contributed by atoms with Gasteiger partial charge in [0.2, 0.25) is 0 Å². The molecule has 0 aliphatic rings. The van der Waals surface area contributed by atoms with Crippen LogP contribution in [0.1, 0.15) is 5.56 Å². The normalized spacial score (nSPS) is 11.5. The molecule has 0 aliphatic heterocycles. The van der Waals surface area contributed by atoms with Crippen LogP contribution in [0.2, 0.25) is 0 Å². The van der Waals surface area contributed by atoms with Gasteiger partial charge in [-0.05, 0) is 35.9 Å². The zero-order valence-corrected chi connectivity index (χ0v) is 16.3. The molecular formula is C23H16FN7.